The Balaban J connectivity index is 2.17. The normalized spacial score (nSPS) is 10.1. The molecule has 0 saturated carbocycles. The molecule has 0 aliphatic heterocycles. The third kappa shape index (κ3) is 3.03. The molecule has 20 heavy (non-hydrogen) atoms. The number of methoxy groups -OCH3 is 1. The van der Waals surface area contributed by atoms with Crippen LogP contribution >= 0.6 is 0 Å². The summed E-state index contributed by atoms with van der Waals surface area (Å²) in [5.41, 5.74) is 0.832. The molecule has 0 aliphatic carbocycles. The number of nitrogens with zero attached hydrogens (tertiary/aromatic N) is 2. The monoisotopic (exact) mass is 273 g/mol. The van der Waals surface area contributed by atoms with Crippen LogP contribution in [-0.2, 0) is 13.6 Å². The van der Waals surface area contributed by atoms with E-state index in [0.29, 0.717) is 12.1 Å². The summed E-state index contributed by atoms with van der Waals surface area (Å²) in [6, 6.07) is 6.76. The summed E-state index contributed by atoms with van der Waals surface area (Å²) < 4.78 is 6.40. The van der Waals surface area contributed by atoms with E-state index in [9.17, 15) is 9.59 Å². The predicted octanol–water partition coefficient (Wildman–Crippen LogP) is 0.719. The Labute approximate surface area is 116 Å². The molecule has 0 aromatic carbocycles. The van der Waals surface area contributed by atoms with Crippen LogP contribution in [-0.4, -0.2) is 22.6 Å². The number of aryl methyl sites for hydroxylation is 1. The second-order valence-electron chi connectivity index (χ2n) is 4.21. The Bertz CT molecular complexity index is 665. The predicted molar refractivity (Wildman–Crippen MR) is 73.6 cm³/mol. The maximum absolute atomic E-state index is 12.1. The maximum Gasteiger partial charge on any atom is 0.256 e. The van der Waals surface area contributed by atoms with Crippen LogP contribution in [0.25, 0.3) is 0 Å². The molecule has 6 nitrogen and oxygen atoms in total. The molecule has 0 saturated heterocycles. The third-order valence-electron chi connectivity index (χ3n) is 2.81. The number of carbonyl (C=O) groups is 1. The van der Waals surface area contributed by atoms with Crippen molar-refractivity contribution in [3.63, 3.8) is 0 Å². The SMILES string of the molecule is COc1cc(=O)n(C)cc1C(=O)NCc1ccccn1. The van der Waals surface area contributed by atoms with E-state index in [1.807, 2.05) is 12.1 Å². The molecule has 2 aromatic heterocycles. The number of amides is 1. The molecule has 1 N–H and O–H groups in total. The minimum Gasteiger partial charge on any atom is -0.496 e. The quantitative estimate of drug-likeness (QED) is 0.890. The Morgan fingerprint density at radius 2 is 2.25 bits per heavy atom. The molecular formula is C14H15N3O3. The molecule has 2 aromatic rings. The lowest BCUT2D eigenvalue weighted by Crippen LogP contribution is -2.26. The number of aromatic nitrogens is 2. The number of carbonyl (C=O) groups excluding carboxylic acids is 1. The number of hydrogen-bond acceptors (Lipinski definition) is 4. The number of rotatable bonds is 4. The summed E-state index contributed by atoms with van der Waals surface area (Å²) in [6.45, 7) is 0.311. The van der Waals surface area contributed by atoms with Gasteiger partial charge >= 0.3 is 0 Å². The van der Waals surface area contributed by atoms with Crippen LogP contribution in [0.4, 0.5) is 0 Å². The van der Waals surface area contributed by atoms with Gasteiger partial charge in [0.25, 0.3) is 11.5 Å². The average molecular weight is 273 g/mol. The summed E-state index contributed by atoms with van der Waals surface area (Å²) in [4.78, 5) is 27.7. The van der Waals surface area contributed by atoms with Crippen LogP contribution < -0.4 is 15.6 Å². The molecular weight excluding hydrogens is 258 g/mol. The fourth-order valence-electron chi connectivity index (χ4n) is 1.72. The number of ether oxygens (including phenoxy) is 1. The summed E-state index contributed by atoms with van der Waals surface area (Å²) >= 11 is 0. The van der Waals surface area contributed by atoms with Crippen molar-refractivity contribution in [3.05, 3.63) is 58.3 Å². The van der Waals surface area contributed by atoms with Crippen molar-refractivity contribution in [2.45, 2.75) is 6.54 Å². The first-order valence-electron chi connectivity index (χ1n) is 6.04. The Morgan fingerprint density at radius 1 is 1.45 bits per heavy atom. The van der Waals surface area contributed by atoms with Crippen LogP contribution in [0.15, 0.2) is 41.5 Å². The van der Waals surface area contributed by atoms with Crippen LogP contribution in [0.2, 0.25) is 0 Å². The lowest BCUT2D eigenvalue weighted by molar-refractivity contribution is 0.0946. The van der Waals surface area contributed by atoms with Crippen molar-refractivity contribution in [1.82, 2.24) is 14.9 Å². The highest BCUT2D eigenvalue weighted by molar-refractivity contribution is 5.96. The third-order valence-corrected chi connectivity index (χ3v) is 2.81. The second kappa shape index (κ2) is 6.01. The molecule has 1 amide bonds. The molecule has 0 fully saturated rings. The Hall–Kier alpha value is -2.63. The van der Waals surface area contributed by atoms with Gasteiger partial charge in [-0.25, -0.2) is 0 Å². The van der Waals surface area contributed by atoms with Gasteiger partial charge in [0, 0.05) is 25.5 Å². The minimum atomic E-state index is -0.317. The Kier molecular flexibility index (Phi) is 4.14. The van der Waals surface area contributed by atoms with Gasteiger partial charge in [-0.1, -0.05) is 6.07 Å². The topological polar surface area (TPSA) is 73.2 Å². The molecule has 104 valence electrons. The standard InChI is InChI=1S/C14H15N3O3/c1-17-9-11(12(20-2)7-13(17)18)14(19)16-8-10-5-3-4-6-15-10/h3-7,9H,8H2,1-2H3,(H,16,19). The van der Waals surface area contributed by atoms with E-state index in [-0.39, 0.29) is 17.2 Å². The van der Waals surface area contributed by atoms with Crippen molar-refractivity contribution >= 4 is 5.91 Å². The Morgan fingerprint density at radius 3 is 2.90 bits per heavy atom. The minimum absolute atomic E-state index is 0.233. The van der Waals surface area contributed by atoms with Gasteiger partial charge in [0.05, 0.1) is 24.9 Å². The van der Waals surface area contributed by atoms with Gasteiger partial charge in [-0.05, 0) is 12.1 Å². The lowest BCUT2D eigenvalue weighted by atomic mass is 10.2. The van der Waals surface area contributed by atoms with Gasteiger partial charge < -0.3 is 14.6 Å². The average Bonchev–Trinajstić information content (AvgIpc) is 2.48. The highest BCUT2D eigenvalue weighted by Gasteiger charge is 2.14. The van der Waals surface area contributed by atoms with Gasteiger partial charge in [0.2, 0.25) is 0 Å². The molecule has 2 heterocycles. The van der Waals surface area contributed by atoms with Gasteiger partial charge in [0.15, 0.2) is 0 Å². The molecule has 0 radical (unpaired) electrons. The van der Waals surface area contributed by atoms with E-state index in [1.165, 1.54) is 23.9 Å². The first kappa shape index (κ1) is 13.8. The smallest absolute Gasteiger partial charge is 0.256 e. The van der Waals surface area contributed by atoms with E-state index in [1.54, 1.807) is 19.3 Å². The van der Waals surface area contributed by atoms with Crippen molar-refractivity contribution in [2.24, 2.45) is 7.05 Å². The summed E-state index contributed by atoms with van der Waals surface area (Å²) in [6.07, 6.45) is 3.11. The first-order chi connectivity index (χ1) is 9.61. The molecule has 0 aliphatic rings. The maximum atomic E-state index is 12.1. The largest absolute Gasteiger partial charge is 0.496 e. The van der Waals surface area contributed by atoms with Crippen molar-refractivity contribution < 1.29 is 9.53 Å². The van der Waals surface area contributed by atoms with Crippen LogP contribution in [0.5, 0.6) is 5.75 Å². The van der Waals surface area contributed by atoms with Gasteiger partial charge in [-0.2, -0.15) is 0 Å². The molecule has 0 atom stereocenters. The van der Waals surface area contributed by atoms with E-state index >= 15 is 0 Å². The summed E-state index contributed by atoms with van der Waals surface area (Å²) in [5.74, 6) is -0.0604. The molecule has 6 heteroatoms. The number of hydrogen-bond donors (Lipinski definition) is 1. The fourth-order valence-corrected chi connectivity index (χ4v) is 1.72. The first-order valence-corrected chi connectivity index (χ1v) is 6.04. The lowest BCUT2D eigenvalue weighted by Gasteiger charge is -2.10. The van der Waals surface area contributed by atoms with Gasteiger partial charge in [0.1, 0.15) is 5.75 Å². The highest BCUT2D eigenvalue weighted by Crippen LogP contribution is 2.14. The van der Waals surface area contributed by atoms with Crippen molar-refractivity contribution in [1.29, 1.82) is 0 Å². The summed E-state index contributed by atoms with van der Waals surface area (Å²) in [5, 5.41) is 2.74. The summed E-state index contributed by atoms with van der Waals surface area (Å²) in [7, 11) is 3.00. The molecule has 0 bridgehead atoms. The molecule has 0 spiro atoms. The van der Waals surface area contributed by atoms with Crippen LogP contribution in [0.1, 0.15) is 16.1 Å². The zero-order valence-electron chi connectivity index (χ0n) is 11.3. The van der Waals surface area contributed by atoms with E-state index in [0.717, 1.165) is 5.69 Å². The second-order valence-corrected chi connectivity index (χ2v) is 4.21. The number of nitrogens with one attached hydrogen (secondary N) is 1. The van der Waals surface area contributed by atoms with Crippen molar-refractivity contribution in [2.75, 3.05) is 7.11 Å². The van der Waals surface area contributed by atoms with Gasteiger partial charge in [-0.3, -0.25) is 14.6 Å². The van der Waals surface area contributed by atoms with E-state index in [4.69, 9.17) is 4.74 Å². The zero-order chi connectivity index (χ0) is 14.5. The fraction of sp³-hybridized carbons (Fsp3) is 0.214. The van der Waals surface area contributed by atoms with E-state index < -0.39 is 0 Å². The van der Waals surface area contributed by atoms with Crippen molar-refractivity contribution in [3.8, 4) is 5.75 Å². The highest BCUT2D eigenvalue weighted by atomic mass is 16.5. The number of pyridine rings is 2. The van der Waals surface area contributed by atoms with Crippen LogP contribution in [0.3, 0.4) is 0 Å². The molecule has 2 rings (SSSR count). The van der Waals surface area contributed by atoms with E-state index in [2.05, 4.69) is 10.3 Å². The zero-order valence-corrected chi connectivity index (χ0v) is 11.3. The molecule has 0 unspecified atom stereocenters. The van der Waals surface area contributed by atoms with Gasteiger partial charge in [-0.15, -0.1) is 0 Å². The van der Waals surface area contributed by atoms with Crippen LogP contribution in [0, 0.1) is 0 Å².